The van der Waals surface area contributed by atoms with Crippen LogP contribution in [-0.4, -0.2) is 85.8 Å². The average Bonchev–Trinajstić information content (AvgIpc) is 2.64. The van der Waals surface area contributed by atoms with Crippen molar-refractivity contribution in [1.29, 1.82) is 0 Å². The Hall–Kier alpha value is -1.18. The fourth-order valence-electron chi connectivity index (χ4n) is 5.16. The summed E-state index contributed by atoms with van der Waals surface area (Å²) in [6.07, 6.45) is 2.82. The first-order valence-electron chi connectivity index (χ1n) is 10.6. The van der Waals surface area contributed by atoms with Crippen molar-refractivity contribution in [2.75, 3.05) is 40.0 Å². The number of methoxy groups -OCH3 is 1. The van der Waals surface area contributed by atoms with Crippen LogP contribution in [0.2, 0.25) is 0 Å². The van der Waals surface area contributed by atoms with Gasteiger partial charge in [0.1, 0.15) is 0 Å². The fraction of sp³-hybridized carbons (Fsp3) is 0.905. The quantitative estimate of drug-likeness (QED) is 0.723. The Morgan fingerprint density at radius 2 is 1.89 bits per heavy atom. The zero-order valence-corrected chi connectivity index (χ0v) is 18.1. The van der Waals surface area contributed by atoms with E-state index in [0.717, 1.165) is 38.9 Å². The highest BCUT2D eigenvalue weighted by atomic mass is 16.5. The highest BCUT2D eigenvalue weighted by molar-refractivity contribution is 5.74. The standard InChI is InChI=1S/C21H37N3O4/c1-14(25)24(13-21(2,3)4)16-6-8-23(9-7-16)18-10-15-11-28-12-17(22-15)19(18)20(26)27-5/h15-19,22H,6-13H2,1-5H3. The largest absolute Gasteiger partial charge is 0.469 e. The maximum atomic E-state index is 12.5. The fourth-order valence-corrected chi connectivity index (χ4v) is 5.16. The van der Waals surface area contributed by atoms with Crippen molar-refractivity contribution in [3.8, 4) is 0 Å². The summed E-state index contributed by atoms with van der Waals surface area (Å²) in [4.78, 5) is 29.3. The lowest BCUT2D eigenvalue weighted by atomic mass is 9.80. The molecule has 4 atom stereocenters. The molecule has 0 saturated carbocycles. The predicted octanol–water partition coefficient (Wildman–Crippen LogP) is 1.26. The molecule has 28 heavy (non-hydrogen) atoms. The maximum absolute atomic E-state index is 12.5. The van der Waals surface area contributed by atoms with Gasteiger partial charge in [-0.15, -0.1) is 0 Å². The molecule has 0 aromatic heterocycles. The molecule has 3 saturated heterocycles. The summed E-state index contributed by atoms with van der Waals surface area (Å²) < 4.78 is 10.8. The van der Waals surface area contributed by atoms with E-state index in [4.69, 9.17) is 9.47 Å². The smallest absolute Gasteiger partial charge is 0.311 e. The molecule has 3 heterocycles. The van der Waals surface area contributed by atoms with Gasteiger partial charge in [0, 0.05) is 50.7 Å². The number of hydrogen-bond acceptors (Lipinski definition) is 6. The number of fused-ring (bicyclic) bond motifs is 2. The lowest BCUT2D eigenvalue weighted by molar-refractivity contribution is -0.156. The Bertz CT molecular complexity index is 568. The molecule has 1 amide bonds. The minimum Gasteiger partial charge on any atom is -0.469 e. The van der Waals surface area contributed by atoms with E-state index in [1.54, 1.807) is 6.92 Å². The van der Waals surface area contributed by atoms with Crippen molar-refractivity contribution < 1.29 is 19.1 Å². The van der Waals surface area contributed by atoms with Gasteiger partial charge in [-0.1, -0.05) is 20.8 Å². The topological polar surface area (TPSA) is 71.1 Å². The first-order chi connectivity index (χ1) is 13.2. The second-order valence-corrected chi connectivity index (χ2v) is 9.83. The number of likely N-dealkylation sites (tertiary alicyclic amines) is 1. The second kappa shape index (κ2) is 8.67. The van der Waals surface area contributed by atoms with Crippen LogP contribution in [0, 0.1) is 11.3 Å². The van der Waals surface area contributed by atoms with E-state index in [0.29, 0.717) is 19.3 Å². The van der Waals surface area contributed by atoms with E-state index < -0.39 is 0 Å². The Labute approximate surface area is 169 Å². The number of nitrogens with one attached hydrogen (secondary N) is 1. The zero-order chi connectivity index (χ0) is 20.5. The number of nitrogens with zero attached hydrogens (tertiary/aromatic N) is 2. The van der Waals surface area contributed by atoms with Crippen LogP contribution in [0.25, 0.3) is 0 Å². The number of carbonyl (C=O) groups excluding carboxylic acids is 2. The van der Waals surface area contributed by atoms with Crippen molar-refractivity contribution in [2.24, 2.45) is 11.3 Å². The third-order valence-electron chi connectivity index (χ3n) is 6.37. The summed E-state index contributed by atoms with van der Waals surface area (Å²) in [5, 5.41) is 3.55. The molecule has 4 unspecified atom stereocenters. The van der Waals surface area contributed by atoms with Crippen molar-refractivity contribution in [3.63, 3.8) is 0 Å². The molecule has 3 aliphatic heterocycles. The summed E-state index contributed by atoms with van der Waals surface area (Å²) in [6, 6.07) is 0.797. The van der Waals surface area contributed by atoms with E-state index >= 15 is 0 Å². The molecule has 7 nitrogen and oxygen atoms in total. The molecular weight excluding hydrogens is 358 g/mol. The molecule has 1 N–H and O–H groups in total. The minimum atomic E-state index is -0.198. The molecule has 3 rings (SSSR count). The van der Waals surface area contributed by atoms with E-state index in [2.05, 4.69) is 35.9 Å². The van der Waals surface area contributed by atoms with E-state index in [1.165, 1.54) is 7.11 Å². The predicted molar refractivity (Wildman–Crippen MR) is 107 cm³/mol. The maximum Gasteiger partial charge on any atom is 0.311 e. The SMILES string of the molecule is COC(=O)C1C2COCC(CC1N1CCC(N(CC(C)(C)C)C(C)=O)CC1)N2. The van der Waals surface area contributed by atoms with Crippen molar-refractivity contribution in [3.05, 3.63) is 0 Å². The molecule has 3 aliphatic rings. The van der Waals surface area contributed by atoms with Crippen molar-refractivity contribution in [1.82, 2.24) is 15.1 Å². The third kappa shape index (κ3) is 4.86. The number of amides is 1. The van der Waals surface area contributed by atoms with Gasteiger partial charge in [-0.3, -0.25) is 14.5 Å². The molecule has 0 spiro atoms. The van der Waals surface area contributed by atoms with E-state index in [1.807, 2.05) is 0 Å². The van der Waals surface area contributed by atoms with Crippen LogP contribution in [-0.2, 0) is 19.1 Å². The molecular formula is C21H37N3O4. The van der Waals surface area contributed by atoms with Gasteiger partial charge in [-0.2, -0.15) is 0 Å². The van der Waals surface area contributed by atoms with Gasteiger partial charge in [0.15, 0.2) is 0 Å². The molecule has 0 aromatic carbocycles. The second-order valence-electron chi connectivity index (χ2n) is 9.83. The molecule has 160 valence electrons. The third-order valence-corrected chi connectivity index (χ3v) is 6.37. The number of esters is 1. The molecule has 0 radical (unpaired) electrons. The monoisotopic (exact) mass is 395 g/mol. The van der Waals surface area contributed by atoms with Crippen LogP contribution in [0.3, 0.4) is 0 Å². The normalized spacial score (nSPS) is 32.0. The van der Waals surface area contributed by atoms with Crippen LogP contribution in [0.5, 0.6) is 0 Å². The summed E-state index contributed by atoms with van der Waals surface area (Å²) in [5.74, 6) is -0.183. The Morgan fingerprint density at radius 3 is 2.46 bits per heavy atom. The van der Waals surface area contributed by atoms with Crippen LogP contribution >= 0.6 is 0 Å². The van der Waals surface area contributed by atoms with Gasteiger partial charge in [-0.25, -0.2) is 0 Å². The highest BCUT2D eigenvalue weighted by Gasteiger charge is 2.47. The lowest BCUT2D eigenvalue weighted by Gasteiger charge is -2.50. The summed E-state index contributed by atoms with van der Waals surface area (Å²) >= 11 is 0. The van der Waals surface area contributed by atoms with Crippen molar-refractivity contribution in [2.45, 2.75) is 71.1 Å². The number of piperidine rings is 2. The number of morpholine rings is 1. The van der Waals surface area contributed by atoms with Crippen LogP contribution in [0.1, 0.15) is 47.0 Å². The van der Waals surface area contributed by atoms with Gasteiger partial charge >= 0.3 is 5.97 Å². The van der Waals surface area contributed by atoms with Gasteiger partial charge in [0.25, 0.3) is 0 Å². The number of ether oxygens (including phenoxy) is 2. The number of hydrogen-bond donors (Lipinski definition) is 1. The summed E-state index contributed by atoms with van der Waals surface area (Å²) in [5.41, 5.74) is 0.0886. The van der Waals surface area contributed by atoms with Crippen molar-refractivity contribution >= 4 is 11.9 Å². The van der Waals surface area contributed by atoms with E-state index in [9.17, 15) is 9.59 Å². The molecule has 3 fully saturated rings. The van der Waals surface area contributed by atoms with E-state index in [-0.39, 0.29) is 41.3 Å². The van der Waals surface area contributed by atoms with Gasteiger partial charge in [0.2, 0.25) is 5.91 Å². The Kier molecular flexibility index (Phi) is 6.67. The molecule has 2 bridgehead atoms. The Morgan fingerprint density at radius 1 is 1.21 bits per heavy atom. The molecule has 0 aliphatic carbocycles. The average molecular weight is 396 g/mol. The van der Waals surface area contributed by atoms with Gasteiger partial charge < -0.3 is 19.7 Å². The number of rotatable bonds is 4. The first-order valence-corrected chi connectivity index (χ1v) is 10.6. The number of carbonyl (C=O) groups is 2. The van der Waals surface area contributed by atoms with Gasteiger partial charge in [-0.05, 0) is 24.7 Å². The first kappa shape index (κ1) is 21.5. The lowest BCUT2D eigenvalue weighted by Crippen LogP contribution is -2.66. The molecule has 0 aromatic rings. The molecule has 7 heteroatoms. The highest BCUT2D eigenvalue weighted by Crippen LogP contribution is 2.32. The van der Waals surface area contributed by atoms with Crippen LogP contribution in [0.15, 0.2) is 0 Å². The zero-order valence-electron chi connectivity index (χ0n) is 18.1. The minimum absolute atomic E-state index is 0.0253. The Balaban J connectivity index is 1.67. The van der Waals surface area contributed by atoms with Crippen LogP contribution < -0.4 is 5.32 Å². The summed E-state index contributed by atoms with van der Waals surface area (Å²) in [7, 11) is 1.47. The van der Waals surface area contributed by atoms with Crippen LogP contribution in [0.4, 0.5) is 0 Å². The van der Waals surface area contributed by atoms with Gasteiger partial charge in [0.05, 0.1) is 26.2 Å². The summed E-state index contributed by atoms with van der Waals surface area (Å²) in [6.45, 7) is 12.1.